The van der Waals surface area contributed by atoms with Gasteiger partial charge in [-0.3, -0.25) is 9.36 Å². The molecule has 3 aromatic carbocycles. The third-order valence-electron chi connectivity index (χ3n) is 5.17. The van der Waals surface area contributed by atoms with Gasteiger partial charge < -0.3 is 10.6 Å². The summed E-state index contributed by atoms with van der Waals surface area (Å²) in [6.45, 7) is 6.69. The number of aryl methyl sites for hydroxylation is 3. The van der Waals surface area contributed by atoms with Crippen molar-refractivity contribution in [3.8, 4) is 5.69 Å². The Labute approximate surface area is 198 Å². The number of nitrogens with one attached hydrogen (secondary N) is 2. The third kappa shape index (κ3) is 5.81. The Kier molecular flexibility index (Phi) is 7.10. The maximum atomic E-state index is 12.5. The lowest BCUT2D eigenvalue weighted by Crippen LogP contribution is -2.15. The monoisotopic (exact) mass is 457 g/mol. The Balaban J connectivity index is 1.50. The average Bonchev–Trinajstić information content (AvgIpc) is 3.20. The molecule has 0 radical (unpaired) electrons. The number of benzene rings is 3. The molecule has 0 saturated heterocycles. The number of aromatic nitrogens is 3. The number of anilines is 2. The Bertz CT molecular complexity index is 1250. The Morgan fingerprint density at radius 1 is 0.909 bits per heavy atom. The van der Waals surface area contributed by atoms with Gasteiger partial charge >= 0.3 is 0 Å². The van der Waals surface area contributed by atoms with Crippen molar-refractivity contribution >= 4 is 29.0 Å². The summed E-state index contributed by atoms with van der Waals surface area (Å²) >= 11 is 1.37. The van der Waals surface area contributed by atoms with E-state index in [4.69, 9.17) is 0 Å². The summed E-state index contributed by atoms with van der Waals surface area (Å²) in [5.74, 6) is 0.939. The zero-order chi connectivity index (χ0) is 23.2. The molecule has 7 heteroatoms. The van der Waals surface area contributed by atoms with Crippen LogP contribution in [0.2, 0.25) is 0 Å². The minimum Gasteiger partial charge on any atom is -0.378 e. The fraction of sp³-hybridized carbons (Fsp3) is 0.192. The van der Waals surface area contributed by atoms with Gasteiger partial charge in [-0.25, -0.2) is 0 Å². The SMILES string of the molecule is Cc1cccc(NC(=O)CSc2nnc(CNc3ccc(C)cc3C)n2-c2ccccc2)c1. The van der Waals surface area contributed by atoms with Crippen LogP contribution in [-0.4, -0.2) is 26.4 Å². The minimum absolute atomic E-state index is 0.0804. The second kappa shape index (κ2) is 10.4. The zero-order valence-corrected chi connectivity index (χ0v) is 19.8. The molecule has 0 aliphatic heterocycles. The van der Waals surface area contributed by atoms with Gasteiger partial charge in [0.1, 0.15) is 0 Å². The lowest BCUT2D eigenvalue weighted by Gasteiger charge is -2.13. The van der Waals surface area contributed by atoms with Crippen molar-refractivity contribution in [3.05, 3.63) is 95.3 Å². The van der Waals surface area contributed by atoms with Crippen molar-refractivity contribution in [2.24, 2.45) is 0 Å². The molecule has 0 bridgehead atoms. The fourth-order valence-electron chi connectivity index (χ4n) is 3.58. The van der Waals surface area contributed by atoms with Gasteiger partial charge in [0.25, 0.3) is 0 Å². The number of thioether (sulfide) groups is 1. The molecule has 0 unspecified atom stereocenters. The highest BCUT2D eigenvalue weighted by Gasteiger charge is 2.16. The predicted molar refractivity (Wildman–Crippen MR) is 135 cm³/mol. The molecule has 0 saturated carbocycles. The number of para-hydroxylation sites is 1. The summed E-state index contributed by atoms with van der Waals surface area (Å²) < 4.78 is 2.00. The highest BCUT2D eigenvalue weighted by Crippen LogP contribution is 2.24. The van der Waals surface area contributed by atoms with Crippen molar-refractivity contribution in [2.75, 3.05) is 16.4 Å². The number of amides is 1. The van der Waals surface area contributed by atoms with Gasteiger partial charge in [0.2, 0.25) is 5.91 Å². The lowest BCUT2D eigenvalue weighted by atomic mass is 10.1. The van der Waals surface area contributed by atoms with Crippen LogP contribution >= 0.6 is 11.8 Å². The van der Waals surface area contributed by atoms with E-state index in [9.17, 15) is 4.79 Å². The minimum atomic E-state index is -0.0804. The van der Waals surface area contributed by atoms with E-state index in [1.807, 2.05) is 66.1 Å². The zero-order valence-electron chi connectivity index (χ0n) is 19.0. The van der Waals surface area contributed by atoms with Gasteiger partial charge in [0.15, 0.2) is 11.0 Å². The number of hydrogen-bond acceptors (Lipinski definition) is 5. The van der Waals surface area contributed by atoms with Crippen molar-refractivity contribution in [2.45, 2.75) is 32.5 Å². The van der Waals surface area contributed by atoms with Gasteiger partial charge in [-0.2, -0.15) is 0 Å². The first-order valence-corrected chi connectivity index (χ1v) is 11.8. The van der Waals surface area contributed by atoms with E-state index in [-0.39, 0.29) is 11.7 Å². The first-order chi connectivity index (χ1) is 16.0. The molecule has 1 heterocycles. The first-order valence-electron chi connectivity index (χ1n) is 10.8. The molecular weight excluding hydrogens is 430 g/mol. The van der Waals surface area contributed by atoms with E-state index in [0.29, 0.717) is 11.7 Å². The van der Waals surface area contributed by atoms with Crippen LogP contribution in [0.5, 0.6) is 0 Å². The predicted octanol–water partition coefficient (Wildman–Crippen LogP) is 5.54. The van der Waals surface area contributed by atoms with Crippen molar-refractivity contribution in [3.63, 3.8) is 0 Å². The van der Waals surface area contributed by atoms with Gasteiger partial charge in [-0.05, 0) is 62.2 Å². The quantitative estimate of drug-likeness (QED) is 0.340. The highest BCUT2D eigenvalue weighted by atomic mass is 32.2. The van der Waals surface area contributed by atoms with Crippen LogP contribution in [0.25, 0.3) is 5.69 Å². The van der Waals surface area contributed by atoms with Crippen LogP contribution in [0.3, 0.4) is 0 Å². The van der Waals surface area contributed by atoms with E-state index in [1.54, 1.807) is 0 Å². The molecule has 0 spiro atoms. The van der Waals surface area contributed by atoms with Gasteiger partial charge in [0, 0.05) is 17.1 Å². The highest BCUT2D eigenvalue weighted by molar-refractivity contribution is 7.99. The molecule has 168 valence electrons. The van der Waals surface area contributed by atoms with Gasteiger partial charge in [-0.15, -0.1) is 10.2 Å². The lowest BCUT2D eigenvalue weighted by molar-refractivity contribution is -0.113. The largest absolute Gasteiger partial charge is 0.378 e. The average molecular weight is 458 g/mol. The molecule has 4 rings (SSSR count). The molecule has 1 amide bonds. The van der Waals surface area contributed by atoms with E-state index in [2.05, 4.69) is 52.9 Å². The van der Waals surface area contributed by atoms with E-state index in [0.717, 1.165) is 28.5 Å². The molecule has 0 fully saturated rings. The van der Waals surface area contributed by atoms with Crippen LogP contribution in [0.4, 0.5) is 11.4 Å². The summed E-state index contributed by atoms with van der Waals surface area (Å²) in [7, 11) is 0. The molecule has 0 atom stereocenters. The number of nitrogens with zero attached hydrogens (tertiary/aromatic N) is 3. The fourth-order valence-corrected chi connectivity index (χ4v) is 4.35. The topological polar surface area (TPSA) is 71.8 Å². The maximum absolute atomic E-state index is 12.5. The molecular formula is C26H27N5OS. The van der Waals surface area contributed by atoms with E-state index in [1.165, 1.54) is 22.9 Å². The number of hydrogen-bond donors (Lipinski definition) is 2. The molecule has 0 aliphatic rings. The molecule has 6 nitrogen and oxygen atoms in total. The molecule has 0 aliphatic carbocycles. The van der Waals surface area contributed by atoms with Crippen LogP contribution in [-0.2, 0) is 11.3 Å². The second-order valence-corrected chi connectivity index (χ2v) is 8.89. The normalized spacial score (nSPS) is 10.8. The number of carbonyl (C=O) groups is 1. The van der Waals surface area contributed by atoms with E-state index < -0.39 is 0 Å². The number of carbonyl (C=O) groups excluding carboxylic acids is 1. The Morgan fingerprint density at radius 3 is 2.45 bits per heavy atom. The molecule has 4 aromatic rings. The summed E-state index contributed by atoms with van der Waals surface area (Å²) in [5.41, 5.74) is 6.33. The summed E-state index contributed by atoms with van der Waals surface area (Å²) in [5, 5.41) is 15.9. The van der Waals surface area contributed by atoms with Crippen LogP contribution in [0.15, 0.2) is 78.0 Å². The molecule has 2 N–H and O–H groups in total. The second-order valence-electron chi connectivity index (χ2n) is 7.95. The summed E-state index contributed by atoms with van der Waals surface area (Å²) in [6.07, 6.45) is 0. The Hall–Kier alpha value is -3.58. The first kappa shape index (κ1) is 22.6. The number of rotatable bonds is 8. The Morgan fingerprint density at radius 2 is 1.70 bits per heavy atom. The summed E-state index contributed by atoms with van der Waals surface area (Å²) in [6, 6.07) is 24.1. The maximum Gasteiger partial charge on any atom is 0.234 e. The van der Waals surface area contributed by atoms with Gasteiger partial charge in [0.05, 0.1) is 12.3 Å². The van der Waals surface area contributed by atoms with Crippen molar-refractivity contribution in [1.82, 2.24) is 14.8 Å². The van der Waals surface area contributed by atoms with E-state index >= 15 is 0 Å². The molecule has 1 aromatic heterocycles. The summed E-state index contributed by atoms with van der Waals surface area (Å²) in [4.78, 5) is 12.5. The van der Waals surface area contributed by atoms with Crippen molar-refractivity contribution < 1.29 is 4.79 Å². The molecule has 33 heavy (non-hydrogen) atoms. The van der Waals surface area contributed by atoms with Crippen LogP contribution in [0, 0.1) is 20.8 Å². The van der Waals surface area contributed by atoms with Crippen LogP contribution < -0.4 is 10.6 Å². The van der Waals surface area contributed by atoms with Crippen molar-refractivity contribution in [1.29, 1.82) is 0 Å². The van der Waals surface area contributed by atoms with Gasteiger partial charge in [-0.1, -0.05) is 59.8 Å². The standard InChI is InChI=1S/C26H27N5OS/c1-18-8-7-9-21(15-18)28-25(32)17-33-26-30-29-24(31(26)22-10-5-4-6-11-22)16-27-23-13-12-19(2)14-20(23)3/h4-15,27H,16-17H2,1-3H3,(H,28,32). The smallest absolute Gasteiger partial charge is 0.234 e. The third-order valence-corrected chi connectivity index (χ3v) is 6.10. The van der Waals surface area contributed by atoms with Crippen LogP contribution in [0.1, 0.15) is 22.5 Å².